The van der Waals surface area contributed by atoms with E-state index in [4.69, 9.17) is 0 Å². The molecule has 6 aromatic rings. The Morgan fingerprint density at radius 1 is 0.585 bits per heavy atom. The average Bonchev–Trinajstić information content (AvgIpc) is 3.43. The van der Waals surface area contributed by atoms with Gasteiger partial charge >= 0.3 is 12.4 Å². The topological polar surface area (TPSA) is 38.3 Å². The van der Waals surface area contributed by atoms with Gasteiger partial charge in [-0.3, -0.25) is 4.65 Å². The first-order valence-corrected chi connectivity index (χ1v) is 17.2. The van der Waals surface area contributed by atoms with Gasteiger partial charge in [-0.25, -0.2) is 0 Å². The van der Waals surface area contributed by atoms with Gasteiger partial charge in [-0.05, 0) is 83.8 Å². The Balaban J connectivity index is 1.07. The number of anilines is 3. The molecule has 6 aromatic carbocycles. The quantitative estimate of drug-likeness (QED) is 0.106. The van der Waals surface area contributed by atoms with Crippen LogP contribution in [0.2, 0.25) is 0 Å². The maximum absolute atomic E-state index is 15.1. The highest BCUT2D eigenvalue weighted by molar-refractivity contribution is 5.77. The van der Waals surface area contributed by atoms with Crippen LogP contribution >= 0.6 is 0 Å². The molecule has 0 bridgehead atoms. The number of piperidine rings is 1. The Kier molecular flexibility index (Phi) is 8.64. The van der Waals surface area contributed by atoms with E-state index < -0.39 is 34.2 Å². The molecule has 1 fully saturated rings. The molecule has 53 heavy (non-hydrogen) atoms. The van der Waals surface area contributed by atoms with E-state index in [0.717, 1.165) is 34.3 Å². The number of para-hydroxylation sites is 3. The summed E-state index contributed by atoms with van der Waals surface area (Å²) in [5, 5.41) is 18.8. The minimum absolute atomic E-state index is 0.0170. The molecular weight excluding hydrogens is 688 g/mol. The van der Waals surface area contributed by atoms with Crippen molar-refractivity contribution < 1.29 is 26.3 Å². The van der Waals surface area contributed by atoms with Crippen LogP contribution in [0.5, 0.6) is 0 Å². The third-order valence-corrected chi connectivity index (χ3v) is 10.5. The highest BCUT2D eigenvalue weighted by Gasteiger charge is 2.51. The number of nitrogens with one attached hydrogen (secondary N) is 1. The lowest BCUT2D eigenvalue weighted by Gasteiger charge is -2.47. The van der Waals surface area contributed by atoms with Gasteiger partial charge in [-0.2, -0.15) is 26.3 Å². The van der Waals surface area contributed by atoms with Crippen molar-refractivity contribution in [3.05, 3.63) is 179 Å². The Bertz CT molecular complexity index is 2190. The fraction of sp³-hybridized carbons (Fsp3) is 0.163. The van der Waals surface area contributed by atoms with Crippen molar-refractivity contribution in [2.24, 2.45) is 0 Å². The van der Waals surface area contributed by atoms with Crippen molar-refractivity contribution in [2.75, 3.05) is 11.4 Å². The summed E-state index contributed by atoms with van der Waals surface area (Å²) in [7, 11) is 0. The first-order chi connectivity index (χ1) is 25.4. The number of rotatable bonds is 6. The predicted octanol–water partition coefficient (Wildman–Crippen LogP) is 12.2. The molecule has 2 heterocycles. The van der Waals surface area contributed by atoms with Crippen LogP contribution in [0, 0.1) is 5.21 Å². The molecule has 8 rings (SSSR count). The fourth-order valence-corrected chi connectivity index (χ4v) is 8.02. The van der Waals surface area contributed by atoms with E-state index in [1.165, 1.54) is 12.1 Å². The van der Waals surface area contributed by atoms with E-state index >= 15 is 5.21 Å². The molecule has 1 saturated heterocycles. The van der Waals surface area contributed by atoms with E-state index in [0.29, 0.717) is 36.5 Å². The first kappa shape index (κ1) is 34.7. The SMILES string of the molecule is [O-][N+]1(c2ccc(-c3ccc(C(F)(F)F)c(C(F)(F)F)c3)cc2)c2ccccc2C2CC(c3ccc(N(c4ccccc4)c4ccccc4)cc3)NCC21. The highest BCUT2D eigenvalue weighted by atomic mass is 19.4. The number of hydroxylamine groups is 1. The van der Waals surface area contributed by atoms with Gasteiger partial charge < -0.3 is 15.4 Å². The number of benzene rings is 6. The molecule has 1 N–H and O–H groups in total. The molecule has 0 aromatic heterocycles. The van der Waals surface area contributed by atoms with E-state index in [1.807, 2.05) is 60.7 Å². The van der Waals surface area contributed by atoms with Gasteiger partial charge in [0.15, 0.2) is 0 Å². The summed E-state index contributed by atoms with van der Waals surface area (Å²) >= 11 is 0. The van der Waals surface area contributed by atoms with Crippen molar-refractivity contribution in [1.82, 2.24) is 9.96 Å². The molecular formula is C43H33F6N3O. The van der Waals surface area contributed by atoms with Gasteiger partial charge in [0.1, 0.15) is 17.4 Å². The number of halogens is 6. The zero-order valence-electron chi connectivity index (χ0n) is 28.2. The lowest BCUT2D eigenvalue weighted by Crippen LogP contribution is -2.54. The summed E-state index contributed by atoms with van der Waals surface area (Å²) in [6.07, 6.45) is -9.68. The maximum Gasteiger partial charge on any atom is 0.417 e. The zero-order valence-corrected chi connectivity index (χ0v) is 28.2. The second-order valence-electron chi connectivity index (χ2n) is 13.5. The Morgan fingerprint density at radius 3 is 1.74 bits per heavy atom. The van der Waals surface area contributed by atoms with Gasteiger partial charge in [0.2, 0.25) is 0 Å². The Morgan fingerprint density at radius 2 is 1.13 bits per heavy atom. The molecule has 2 aliphatic rings. The maximum atomic E-state index is 15.1. The van der Waals surface area contributed by atoms with Crippen LogP contribution in [0.4, 0.5) is 54.8 Å². The first-order valence-electron chi connectivity index (χ1n) is 17.2. The number of alkyl halides is 6. The van der Waals surface area contributed by atoms with E-state index in [2.05, 4.69) is 58.7 Å². The van der Waals surface area contributed by atoms with E-state index in [1.54, 1.807) is 12.1 Å². The van der Waals surface area contributed by atoms with Crippen LogP contribution < -0.4 is 14.9 Å². The molecule has 0 aliphatic carbocycles. The third-order valence-electron chi connectivity index (χ3n) is 10.5. The normalized spacial score (nSPS) is 21.2. The van der Waals surface area contributed by atoms with Crippen molar-refractivity contribution >= 4 is 28.4 Å². The number of hydrogen-bond acceptors (Lipinski definition) is 3. The van der Waals surface area contributed by atoms with Crippen LogP contribution in [-0.4, -0.2) is 12.6 Å². The van der Waals surface area contributed by atoms with Crippen molar-refractivity contribution in [2.45, 2.75) is 36.8 Å². The monoisotopic (exact) mass is 721 g/mol. The van der Waals surface area contributed by atoms with E-state index in [9.17, 15) is 26.3 Å². The summed E-state index contributed by atoms with van der Waals surface area (Å²) in [5.74, 6) is -0.0799. The van der Waals surface area contributed by atoms with Crippen molar-refractivity contribution in [3.63, 3.8) is 0 Å². The number of quaternary nitrogens is 1. The number of fused-ring (bicyclic) bond motifs is 3. The van der Waals surface area contributed by atoms with Gasteiger partial charge in [0.05, 0.1) is 17.7 Å². The zero-order chi connectivity index (χ0) is 37.0. The minimum Gasteiger partial charge on any atom is -0.622 e. The predicted molar refractivity (Wildman–Crippen MR) is 196 cm³/mol. The molecule has 268 valence electrons. The third kappa shape index (κ3) is 6.26. The lowest BCUT2D eigenvalue weighted by atomic mass is 9.83. The highest BCUT2D eigenvalue weighted by Crippen LogP contribution is 2.55. The smallest absolute Gasteiger partial charge is 0.417 e. The van der Waals surface area contributed by atoms with Crippen molar-refractivity contribution in [3.8, 4) is 11.1 Å². The molecule has 4 nitrogen and oxygen atoms in total. The van der Waals surface area contributed by atoms with E-state index in [-0.39, 0.29) is 23.1 Å². The molecule has 0 spiro atoms. The minimum atomic E-state index is -5.20. The Hall–Kier alpha value is -5.42. The summed E-state index contributed by atoms with van der Waals surface area (Å²) in [5.41, 5.74) is 2.88. The van der Waals surface area contributed by atoms with Gasteiger partial charge in [-0.1, -0.05) is 72.8 Å². The van der Waals surface area contributed by atoms with Crippen LogP contribution in [-0.2, 0) is 12.4 Å². The summed E-state index contributed by atoms with van der Waals surface area (Å²) in [6, 6.07) is 44.0. The van der Waals surface area contributed by atoms with Gasteiger partial charge in [0.25, 0.3) is 0 Å². The average molecular weight is 722 g/mol. The number of nitrogens with zero attached hydrogens (tertiary/aromatic N) is 2. The number of hydrogen-bond donors (Lipinski definition) is 1. The molecule has 0 saturated carbocycles. The lowest BCUT2D eigenvalue weighted by molar-refractivity contribution is -0.162. The summed E-state index contributed by atoms with van der Waals surface area (Å²) in [4.78, 5) is 2.20. The van der Waals surface area contributed by atoms with Gasteiger partial charge in [0, 0.05) is 52.8 Å². The molecule has 0 amide bonds. The molecule has 2 aliphatic heterocycles. The van der Waals surface area contributed by atoms with Crippen LogP contribution in [0.1, 0.15) is 40.6 Å². The largest absolute Gasteiger partial charge is 0.622 e. The second kappa shape index (κ2) is 13.2. The fourth-order valence-electron chi connectivity index (χ4n) is 8.02. The summed E-state index contributed by atoms with van der Waals surface area (Å²) < 4.78 is 80.3. The molecule has 4 atom stereocenters. The second-order valence-corrected chi connectivity index (χ2v) is 13.5. The van der Waals surface area contributed by atoms with Gasteiger partial charge in [-0.15, -0.1) is 0 Å². The Labute approximate surface area is 302 Å². The summed E-state index contributed by atoms with van der Waals surface area (Å²) in [6.45, 7) is 0.408. The van der Waals surface area contributed by atoms with Crippen LogP contribution in [0.15, 0.2) is 152 Å². The molecule has 10 heteroatoms. The standard InChI is InChI=1S/C43H33F6N3O/c44-42(45,46)37-24-19-30(25-38(37)43(47,48)49)28-17-22-34(23-18-28)52(53)40-14-8-7-13-35(40)36-26-39(50-27-41(36)52)29-15-20-33(21-16-29)51(31-9-3-1-4-10-31)32-11-5-2-6-12-32/h1-25,36,39,41,50H,26-27H2. The van der Waals surface area contributed by atoms with Crippen molar-refractivity contribution in [1.29, 1.82) is 0 Å². The van der Waals surface area contributed by atoms with Crippen LogP contribution in [0.3, 0.4) is 0 Å². The molecule has 4 unspecified atom stereocenters. The molecule has 0 radical (unpaired) electrons. The van der Waals surface area contributed by atoms with Crippen LogP contribution in [0.25, 0.3) is 11.1 Å².